The van der Waals surface area contributed by atoms with Crippen LogP contribution in [0.3, 0.4) is 0 Å². The lowest BCUT2D eigenvalue weighted by molar-refractivity contribution is 0.0746. The minimum absolute atomic E-state index is 0.108. The molecule has 0 spiro atoms. The van der Waals surface area contributed by atoms with Gasteiger partial charge in [-0.1, -0.05) is 18.2 Å². The molecular formula is C27H32N6O3. The third-order valence-electron chi connectivity index (χ3n) is 7.79. The Kier molecular flexibility index (Phi) is 5.89. The van der Waals surface area contributed by atoms with E-state index in [4.69, 9.17) is 0 Å². The maximum atomic E-state index is 13.5. The minimum Gasteiger partial charge on any atom is -0.507 e. The predicted molar refractivity (Wildman–Crippen MR) is 136 cm³/mol. The number of nitrogens with one attached hydrogen (secondary N) is 1. The number of benzene rings is 2. The molecule has 0 bridgehead atoms. The zero-order chi connectivity index (χ0) is 24.8. The highest BCUT2D eigenvalue weighted by molar-refractivity contribution is 6.08. The normalized spacial score (nSPS) is 18.8. The number of hydrogen-bond donors (Lipinski definition) is 2. The number of amides is 2. The molecule has 2 aromatic carbocycles. The minimum atomic E-state index is -0.244. The number of phenolic OH excluding ortho intramolecular Hbond substituents is 1. The average molecular weight is 489 g/mol. The zero-order valence-corrected chi connectivity index (χ0v) is 20.7. The number of carbonyl (C=O) groups is 2. The SMILES string of the molecule is CN1CCN(Cc2ccc3c(c2)CN(C(=O)c2cc4c(C(=O)N5CCCC5)n[nH]c4cc2O)C3)CC1. The molecule has 3 aliphatic rings. The number of likely N-dealkylation sites (tertiary alicyclic amines) is 1. The molecule has 2 fully saturated rings. The number of likely N-dealkylation sites (N-methyl/N-ethyl adjacent to an activating group) is 1. The lowest BCUT2D eigenvalue weighted by atomic mass is 10.1. The van der Waals surface area contributed by atoms with Crippen molar-refractivity contribution in [1.82, 2.24) is 29.8 Å². The van der Waals surface area contributed by atoms with Crippen molar-refractivity contribution in [2.24, 2.45) is 0 Å². The lowest BCUT2D eigenvalue weighted by Gasteiger charge is -2.32. The van der Waals surface area contributed by atoms with Crippen molar-refractivity contribution in [2.75, 3.05) is 46.3 Å². The number of piperazine rings is 1. The van der Waals surface area contributed by atoms with Crippen LogP contribution in [0, 0.1) is 0 Å². The molecular weight excluding hydrogens is 456 g/mol. The fourth-order valence-electron chi connectivity index (χ4n) is 5.58. The summed E-state index contributed by atoms with van der Waals surface area (Å²) in [4.78, 5) is 34.8. The number of aromatic amines is 1. The summed E-state index contributed by atoms with van der Waals surface area (Å²) in [5.41, 5.74) is 4.61. The number of carbonyl (C=O) groups excluding carboxylic acids is 2. The summed E-state index contributed by atoms with van der Waals surface area (Å²) in [6.45, 7) is 7.68. The number of hydrogen-bond acceptors (Lipinski definition) is 6. The molecule has 188 valence electrons. The van der Waals surface area contributed by atoms with Gasteiger partial charge in [0.15, 0.2) is 5.69 Å². The second kappa shape index (κ2) is 9.22. The van der Waals surface area contributed by atoms with Gasteiger partial charge in [-0.25, -0.2) is 0 Å². The summed E-state index contributed by atoms with van der Waals surface area (Å²) in [6, 6.07) is 9.61. The summed E-state index contributed by atoms with van der Waals surface area (Å²) in [6.07, 6.45) is 1.98. The molecule has 3 aliphatic heterocycles. The van der Waals surface area contributed by atoms with Crippen LogP contribution < -0.4 is 0 Å². The van der Waals surface area contributed by atoms with Crippen molar-refractivity contribution in [1.29, 1.82) is 0 Å². The Labute approximate surface area is 210 Å². The maximum absolute atomic E-state index is 13.5. The molecule has 0 radical (unpaired) electrons. The van der Waals surface area contributed by atoms with E-state index >= 15 is 0 Å². The molecule has 0 saturated carbocycles. The van der Waals surface area contributed by atoms with Gasteiger partial charge < -0.3 is 19.8 Å². The van der Waals surface area contributed by atoms with E-state index in [0.29, 0.717) is 29.7 Å². The summed E-state index contributed by atoms with van der Waals surface area (Å²) < 4.78 is 0. The molecule has 1 aromatic heterocycles. The quantitative estimate of drug-likeness (QED) is 0.586. The number of nitrogens with zero attached hydrogens (tertiary/aromatic N) is 5. The van der Waals surface area contributed by atoms with Gasteiger partial charge in [-0.15, -0.1) is 0 Å². The largest absolute Gasteiger partial charge is 0.507 e. The summed E-state index contributed by atoms with van der Waals surface area (Å²) in [5, 5.41) is 18.3. The highest BCUT2D eigenvalue weighted by Crippen LogP contribution is 2.31. The van der Waals surface area contributed by atoms with E-state index in [-0.39, 0.29) is 23.1 Å². The highest BCUT2D eigenvalue weighted by Gasteiger charge is 2.29. The van der Waals surface area contributed by atoms with E-state index in [9.17, 15) is 14.7 Å². The van der Waals surface area contributed by atoms with Gasteiger partial charge in [-0.3, -0.25) is 19.6 Å². The van der Waals surface area contributed by atoms with Crippen molar-refractivity contribution in [3.05, 3.63) is 58.3 Å². The van der Waals surface area contributed by atoms with Gasteiger partial charge in [0.2, 0.25) is 0 Å². The number of phenols is 1. The molecule has 2 amide bonds. The van der Waals surface area contributed by atoms with Crippen molar-refractivity contribution in [3.63, 3.8) is 0 Å². The van der Waals surface area contributed by atoms with Crippen LogP contribution in [0.15, 0.2) is 30.3 Å². The van der Waals surface area contributed by atoms with Crippen LogP contribution in [-0.2, 0) is 19.6 Å². The number of rotatable bonds is 4. The van der Waals surface area contributed by atoms with Gasteiger partial charge >= 0.3 is 0 Å². The fourth-order valence-corrected chi connectivity index (χ4v) is 5.58. The summed E-state index contributed by atoms with van der Waals surface area (Å²) in [5.74, 6) is -0.487. The van der Waals surface area contributed by atoms with Gasteiger partial charge in [-0.2, -0.15) is 5.10 Å². The Morgan fingerprint density at radius 2 is 1.67 bits per heavy atom. The summed E-state index contributed by atoms with van der Waals surface area (Å²) in [7, 11) is 2.16. The zero-order valence-electron chi connectivity index (χ0n) is 20.7. The Bertz CT molecular complexity index is 1320. The molecule has 4 heterocycles. The molecule has 6 rings (SSSR count). The third kappa shape index (κ3) is 4.22. The number of fused-ring (bicyclic) bond motifs is 2. The molecule has 0 atom stereocenters. The van der Waals surface area contributed by atoms with Crippen molar-refractivity contribution < 1.29 is 14.7 Å². The monoisotopic (exact) mass is 488 g/mol. The van der Waals surface area contributed by atoms with Crippen LogP contribution in [0.25, 0.3) is 10.9 Å². The van der Waals surface area contributed by atoms with E-state index in [0.717, 1.165) is 69.8 Å². The standard InChI is InChI=1S/C27H32N6O3/c1-30-8-10-31(11-9-30)15-18-4-5-19-16-33(17-20(19)12-18)26(35)22-13-21-23(14-24(22)34)28-29-25(21)27(36)32-6-2-3-7-32/h4-5,12-14,34H,2-3,6-11,15-17H2,1H3,(H,28,29). The first-order valence-corrected chi connectivity index (χ1v) is 12.8. The van der Waals surface area contributed by atoms with Crippen LogP contribution in [0.2, 0.25) is 0 Å². The van der Waals surface area contributed by atoms with Gasteiger partial charge in [-0.05, 0) is 42.6 Å². The number of aromatic nitrogens is 2. The van der Waals surface area contributed by atoms with E-state index in [1.54, 1.807) is 15.9 Å². The van der Waals surface area contributed by atoms with E-state index in [1.807, 2.05) is 0 Å². The first-order chi connectivity index (χ1) is 17.5. The van der Waals surface area contributed by atoms with Crippen LogP contribution >= 0.6 is 0 Å². The van der Waals surface area contributed by atoms with Crippen LogP contribution in [0.5, 0.6) is 5.75 Å². The van der Waals surface area contributed by atoms with Gasteiger partial charge in [0.05, 0.1) is 11.1 Å². The highest BCUT2D eigenvalue weighted by atomic mass is 16.3. The second-order valence-corrected chi connectivity index (χ2v) is 10.3. The summed E-state index contributed by atoms with van der Waals surface area (Å²) >= 11 is 0. The average Bonchev–Trinajstić information content (AvgIpc) is 3.63. The van der Waals surface area contributed by atoms with Crippen LogP contribution in [0.4, 0.5) is 0 Å². The van der Waals surface area contributed by atoms with E-state index in [1.165, 1.54) is 11.6 Å². The molecule has 2 N–H and O–H groups in total. The molecule has 9 heteroatoms. The van der Waals surface area contributed by atoms with Gasteiger partial charge in [0, 0.05) is 70.4 Å². The molecule has 2 saturated heterocycles. The first-order valence-electron chi connectivity index (χ1n) is 12.8. The first kappa shape index (κ1) is 23.0. The van der Waals surface area contributed by atoms with Crippen molar-refractivity contribution >= 4 is 22.7 Å². The topological polar surface area (TPSA) is 96.0 Å². The Morgan fingerprint density at radius 3 is 2.44 bits per heavy atom. The maximum Gasteiger partial charge on any atom is 0.274 e. The molecule has 3 aromatic rings. The lowest BCUT2D eigenvalue weighted by Crippen LogP contribution is -2.43. The Hall–Kier alpha value is -3.43. The van der Waals surface area contributed by atoms with Crippen LogP contribution in [-0.4, -0.2) is 93.0 Å². The van der Waals surface area contributed by atoms with Crippen molar-refractivity contribution in [2.45, 2.75) is 32.5 Å². The predicted octanol–water partition coefficient (Wildman–Crippen LogP) is 2.41. The van der Waals surface area contributed by atoms with E-state index in [2.05, 4.69) is 45.2 Å². The van der Waals surface area contributed by atoms with Crippen molar-refractivity contribution in [3.8, 4) is 5.75 Å². The van der Waals surface area contributed by atoms with Gasteiger partial charge in [0.1, 0.15) is 5.75 Å². The second-order valence-electron chi connectivity index (χ2n) is 10.3. The third-order valence-corrected chi connectivity index (χ3v) is 7.79. The van der Waals surface area contributed by atoms with E-state index < -0.39 is 0 Å². The smallest absolute Gasteiger partial charge is 0.274 e. The Morgan fingerprint density at radius 1 is 0.917 bits per heavy atom. The molecule has 0 aliphatic carbocycles. The number of aromatic hydroxyl groups is 1. The number of H-pyrrole nitrogens is 1. The molecule has 0 unspecified atom stereocenters. The molecule has 36 heavy (non-hydrogen) atoms. The Balaban J connectivity index is 1.20. The molecule has 9 nitrogen and oxygen atoms in total. The fraction of sp³-hybridized carbons (Fsp3) is 0.444. The van der Waals surface area contributed by atoms with Gasteiger partial charge in [0.25, 0.3) is 11.8 Å². The van der Waals surface area contributed by atoms with Crippen LogP contribution in [0.1, 0.15) is 50.4 Å².